The Morgan fingerprint density at radius 2 is 1.45 bits per heavy atom. The van der Waals surface area contributed by atoms with E-state index in [1.807, 2.05) is 0 Å². The fraction of sp³-hybridized carbons (Fsp3) is 0.714. The number of anilines is 1. The first-order valence-corrected chi connectivity index (χ1v) is 11.6. The van der Waals surface area contributed by atoms with E-state index in [0.717, 1.165) is 12.8 Å². The fourth-order valence-electron chi connectivity index (χ4n) is 3.00. The topological polar surface area (TPSA) is 73.6 Å². The van der Waals surface area contributed by atoms with Crippen molar-refractivity contribution in [2.24, 2.45) is 0 Å². The zero-order valence-electron chi connectivity index (χ0n) is 18.2. The molecule has 0 fully saturated rings. The molecule has 1 aromatic heterocycles. The summed E-state index contributed by atoms with van der Waals surface area (Å²) in [7, 11) is 0. The Kier molecular flexibility index (Phi) is 20.4. The molecule has 159 valence electrons. The summed E-state index contributed by atoms with van der Waals surface area (Å²) in [6.07, 6.45) is 21.4. The monoisotopic (exact) mass is 463 g/mol. The minimum absolute atomic E-state index is 0. The van der Waals surface area contributed by atoms with Gasteiger partial charge in [-0.1, -0.05) is 70.4 Å². The Labute approximate surface area is 228 Å². The van der Waals surface area contributed by atoms with Crippen LogP contribution in [-0.2, 0) is 4.79 Å². The van der Waals surface area contributed by atoms with Crippen molar-refractivity contribution in [1.29, 1.82) is 0 Å². The molecule has 1 aromatic rings. The number of nitrogens with zero attached hydrogens (tertiary/aromatic N) is 1. The number of H-pyrrole nitrogens is 2. The van der Waals surface area contributed by atoms with Crippen LogP contribution in [0.25, 0.3) is 0 Å². The Morgan fingerprint density at radius 1 is 0.897 bits per heavy atom. The Bertz CT molecular complexity index is 659. The first-order valence-electron chi connectivity index (χ1n) is 10.8. The van der Waals surface area contributed by atoms with Gasteiger partial charge in [-0.25, -0.2) is 0 Å². The van der Waals surface area contributed by atoms with E-state index >= 15 is 0 Å². The van der Waals surface area contributed by atoms with Gasteiger partial charge in [0.25, 0.3) is 0 Å². The van der Waals surface area contributed by atoms with Crippen LogP contribution in [0.2, 0.25) is 0 Å². The standard InChI is InChI=1S/C21H36N4OS2.K/c1-2-3-4-5-6-7-8-9-10-11-12-13-14-15-16-17-18(26)22-19-23-20(27)25-21(28)24-19;/h9-10H,2-8,11-17H2,1H3,(H3,22,23,24,25,26,27,28);/b10-9-;. The van der Waals surface area contributed by atoms with E-state index in [9.17, 15) is 4.79 Å². The van der Waals surface area contributed by atoms with Crippen LogP contribution < -0.4 is 5.32 Å². The number of aromatic nitrogens is 3. The molecule has 0 saturated carbocycles. The molecule has 1 radical (unpaired) electrons. The summed E-state index contributed by atoms with van der Waals surface area (Å²) in [6, 6.07) is 0. The molecule has 0 aliphatic heterocycles. The Balaban J connectivity index is 0.00000784. The van der Waals surface area contributed by atoms with Crippen molar-refractivity contribution < 1.29 is 4.79 Å². The van der Waals surface area contributed by atoms with Crippen molar-refractivity contribution in [3.63, 3.8) is 0 Å². The van der Waals surface area contributed by atoms with Crippen molar-refractivity contribution in [3.05, 3.63) is 21.7 Å². The van der Waals surface area contributed by atoms with Crippen molar-refractivity contribution in [2.75, 3.05) is 5.32 Å². The van der Waals surface area contributed by atoms with Crippen LogP contribution >= 0.6 is 24.4 Å². The number of carbonyl (C=O) groups is 1. The summed E-state index contributed by atoms with van der Waals surface area (Å²) in [6.45, 7) is 2.26. The molecule has 1 heterocycles. The van der Waals surface area contributed by atoms with E-state index in [-0.39, 0.29) is 62.1 Å². The minimum atomic E-state index is -0.0589. The van der Waals surface area contributed by atoms with Crippen LogP contribution in [0, 0.1) is 9.54 Å². The molecular weight excluding hydrogens is 427 g/mol. The molecule has 0 aromatic carbocycles. The molecular formula is C21H36KN4OS2. The molecule has 0 aliphatic carbocycles. The van der Waals surface area contributed by atoms with E-state index in [0.29, 0.717) is 17.1 Å². The Hall–Kier alpha value is 0.296. The van der Waals surface area contributed by atoms with Gasteiger partial charge < -0.3 is 9.97 Å². The summed E-state index contributed by atoms with van der Waals surface area (Å²) >= 11 is 9.91. The van der Waals surface area contributed by atoms with Crippen LogP contribution in [0.3, 0.4) is 0 Å². The van der Waals surface area contributed by atoms with Gasteiger partial charge in [-0.15, -0.1) is 0 Å². The summed E-state index contributed by atoms with van der Waals surface area (Å²) in [5.74, 6) is 0.253. The second-order valence-corrected chi connectivity index (χ2v) is 8.02. The quantitative estimate of drug-likeness (QED) is 0.109. The van der Waals surface area contributed by atoms with Gasteiger partial charge in [0, 0.05) is 57.8 Å². The molecule has 0 saturated heterocycles. The van der Waals surface area contributed by atoms with Gasteiger partial charge in [0.1, 0.15) is 0 Å². The van der Waals surface area contributed by atoms with Crippen molar-refractivity contribution in [1.82, 2.24) is 15.0 Å². The molecule has 0 unspecified atom stereocenters. The van der Waals surface area contributed by atoms with Crippen molar-refractivity contribution in [3.8, 4) is 0 Å². The van der Waals surface area contributed by atoms with E-state index in [1.165, 1.54) is 70.6 Å². The molecule has 0 aliphatic rings. The van der Waals surface area contributed by atoms with Crippen LogP contribution in [0.1, 0.15) is 96.8 Å². The zero-order chi connectivity index (χ0) is 20.5. The smallest absolute Gasteiger partial charge is 0.226 e. The molecule has 0 spiro atoms. The van der Waals surface area contributed by atoms with Gasteiger partial charge in [-0.2, -0.15) is 4.98 Å². The molecule has 3 N–H and O–H groups in total. The second kappa shape index (κ2) is 20.2. The maximum atomic E-state index is 11.9. The van der Waals surface area contributed by atoms with Crippen LogP contribution in [0.15, 0.2) is 12.2 Å². The van der Waals surface area contributed by atoms with Gasteiger partial charge in [0.05, 0.1) is 0 Å². The number of carbonyl (C=O) groups excluding carboxylic acids is 1. The van der Waals surface area contributed by atoms with E-state index in [4.69, 9.17) is 24.4 Å². The average molecular weight is 464 g/mol. The van der Waals surface area contributed by atoms with Gasteiger partial charge in [-0.05, 0) is 56.5 Å². The third kappa shape index (κ3) is 17.6. The van der Waals surface area contributed by atoms with E-state index in [1.54, 1.807) is 0 Å². The number of unbranched alkanes of at least 4 members (excludes halogenated alkanes) is 11. The number of allylic oxidation sites excluding steroid dienone is 2. The molecule has 5 nitrogen and oxygen atoms in total. The van der Waals surface area contributed by atoms with E-state index in [2.05, 4.69) is 39.3 Å². The number of rotatable bonds is 16. The fourth-order valence-corrected chi connectivity index (χ4v) is 3.45. The maximum Gasteiger partial charge on any atom is 0.226 e. The minimum Gasteiger partial charge on any atom is -0.308 e. The number of aromatic amines is 2. The van der Waals surface area contributed by atoms with Gasteiger partial charge >= 0.3 is 0 Å². The average Bonchev–Trinajstić information content (AvgIpc) is 2.64. The number of hydrogen-bond acceptors (Lipinski definition) is 4. The van der Waals surface area contributed by atoms with Crippen LogP contribution in [-0.4, -0.2) is 72.2 Å². The Morgan fingerprint density at radius 3 is 2.03 bits per heavy atom. The van der Waals surface area contributed by atoms with E-state index < -0.39 is 0 Å². The number of nitrogens with one attached hydrogen (secondary N) is 3. The van der Waals surface area contributed by atoms with Crippen molar-refractivity contribution >= 4 is 87.7 Å². The first-order chi connectivity index (χ1) is 13.6. The summed E-state index contributed by atoms with van der Waals surface area (Å²) < 4.78 is 0.622. The molecule has 29 heavy (non-hydrogen) atoms. The molecule has 0 atom stereocenters. The maximum absolute atomic E-state index is 11.9. The van der Waals surface area contributed by atoms with Gasteiger partial charge in [0.15, 0.2) is 4.77 Å². The second-order valence-electron chi connectivity index (χ2n) is 7.23. The third-order valence-electron chi connectivity index (χ3n) is 4.59. The first kappa shape index (κ1) is 29.3. The molecule has 1 amide bonds. The van der Waals surface area contributed by atoms with Crippen LogP contribution in [0.4, 0.5) is 5.95 Å². The third-order valence-corrected chi connectivity index (χ3v) is 4.99. The molecule has 8 heteroatoms. The SMILES string of the molecule is CCCCCCCC/C=C\CCCCCCCC(=O)Nc1nc(=S)[nH]c(=S)[nH]1.[K]. The van der Waals surface area contributed by atoms with Crippen molar-refractivity contribution in [2.45, 2.75) is 96.8 Å². The molecule has 1 rings (SSSR count). The largest absolute Gasteiger partial charge is 0.308 e. The van der Waals surface area contributed by atoms with Gasteiger partial charge in [0.2, 0.25) is 16.6 Å². The summed E-state index contributed by atoms with van der Waals surface area (Å²) in [5.41, 5.74) is 0. The molecule has 0 bridgehead atoms. The van der Waals surface area contributed by atoms with Crippen LogP contribution in [0.5, 0.6) is 0 Å². The summed E-state index contributed by atoms with van der Waals surface area (Å²) in [4.78, 5) is 21.4. The number of hydrogen-bond donors (Lipinski definition) is 3. The van der Waals surface area contributed by atoms with Gasteiger partial charge in [-0.3, -0.25) is 10.1 Å². The number of amides is 1. The zero-order valence-corrected chi connectivity index (χ0v) is 23.0. The predicted octanol–water partition coefficient (Wildman–Crippen LogP) is 6.79. The predicted molar refractivity (Wildman–Crippen MR) is 128 cm³/mol. The summed E-state index contributed by atoms with van der Waals surface area (Å²) in [5, 5.41) is 2.71. The normalized spacial score (nSPS) is 10.8.